The van der Waals surface area contributed by atoms with E-state index >= 15 is 0 Å². The molecule has 1 unspecified atom stereocenters. The second-order valence-corrected chi connectivity index (χ2v) is 3.78. The van der Waals surface area contributed by atoms with E-state index in [4.69, 9.17) is 9.84 Å². The minimum Gasteiger partial charge on any atom is -0.479 e. The second kappa shape index (κ2) is 5.98. The summed E-state index contributed by atoms with van der Waals surface area (Å²) < 4.78 is 4.91. The Bertz CT molecular complexity index is 176. The van der Waals surface area contributed by atoms with Gasteiger partial charge in [-0.2, -0.15) is 0 Å². The predicted molar refractivity (Wildman–Crippen MR) is 53.3 cm³/mol. The summed E-state index contributed by atoms with van der Waals surface area (Å²) in [5.41, 5.74) is 0. The molecule has 4 heteroatoms. The van der Waals surface area contributed by atoms with E-state index in [2.05, 4.69) is 4.90 Å². The third-order valence-electron chi connectivity index (χ3n) is 2.68. The lowest BCUT2D eigenvalue weighted by molar-refractivity contribution is -0.149. The van der Waals surface area contributed by atoms with Crippen LogP contribution in [0.15, 0.2) is 0 Å². The lowest BCUT2D eigenvalue weighted by Gasteiger charge is -2.22. The van der Waals surface area contributed by atoms with Crippen molar-refractivity contribution in [1.29, 1.82) is 0 Å². The van der Waals surface area contributed by atoms with E-state index in [-0.39, 0.29) is 0 Å². The quantitative estimate of drug-likeness (QED) is 0.736. The van der Waals surface area contributed by atoms with Crippen LogP contribution in [0, 0.1) is 0 Å². The minimum atomic E-state index is -0.864. The Balaban J connectivity index is 2.35. The fraction of sp³-hybridized carbons (Fsp3) is 0.900. The van der Waals surface area contributed by atoms with Crippen LogP contribution < -0.4 is 0 Å². The Labute approximate surface area is 84.8 Å². The summed E-state index contributed by atoms with van der Waals surface area (Å²) in [6, 6.07) is 0. The van der Waals surface area contributed by atoms with Gasteiger partial charge < -0.3 is 14.7 Å². The molecule has 1 N–H and O–H groups in total. The zero-order valence-corrected chi connectivity index (χ0v) is 8.74. The molecule has 1 rings (SSSR count). The number of ether oxygens (including phenoxy) is 1. The highest BCUT2D eigenvalue weighted by Crippen LogP contribution is 2.10. The first kappa shape index (κ1) is 11.5. The topological polar surface area (TPSA) is 49.8 Å². The van der Waals surface area contributed by atoms with E-state index in [1.807, 2.05) is 0 Å². The van der Waals surface area contributed by atoms with Gasteiger partial charge in [0.15, 0.2) is 6.10 Å². The zero-order chi connectivity index (χ0) is 10.4. The average molecular weight is 201 g/mol. The zero-order valence-electron chi connectivity index (χ0n) is 8.74. The van der Waals surface area contributed by atoms with Gasteiger partial charge in [0.05, 0.1) is 0 Å². The number of nitrogens with zero attached hydrogens (tertiary/aromatic N) is 1. The summed E-state index contributed by atoms with van der Waals surface area (Å²) in [5, 5.41) is 8.82. The molecule has 0 spiro atoms. The van der Waals surface area contributed by atoms with Crippen molar-refractivity contribution < 1.29 is 14.6 Å². The van der Waals surface area contributed by atoms with Crippen molar-refractivity contribution >= 4 is 5.97 Å². The second-order valence-electron chi connectivity index (χ2n) is 3.78. The highest BCUT2D eigenvalue weighted by molar-refractivity contribution is 5.72. The number of carboxylic acids is 1. The van der Waals surface area contributed by atoms with Crippen LogP contribution in [0.4, 0.5) is 0 Å². The first-order valence-corrected chi connectivity index (χ1v) is 5.22. The van der Waals surface area contributed by atoms with Gasteiger partial charge in [0.2, 0.25) is 0 Å². The average Bonchev–Trinajstić information content (AvgIpc) is 2.41. The number of likely N-dealkylation sites (tertiary alicyclic amines) is 1. The van der Waals surface area contributed by atoms with Crippen LogP contribution in [0.1, 0.15) is 25.7 Å². The molecule has 1 saturated heterocycles. The Kier molecular flexibility index (Phi) is 4.90. The fourth-order valence-electron chi connectivity index (χ4n) is 1.81. The molecule has 14 heavy (non-hydrogen) atoms. The van der Waals surface area contributed by atoms with Crippen molar-refractivity contribution in [3.63, 3.8) is 0 Å². The molecular formula is C10H19NO3. The van der Waals surface area contributed by atoms with Crippen LogP contribution in [0.5, 0.6) is 0 Å². The number of rotatable bonds is 4. The van der Waals surface area contributed by atoms with E-state index in [1.165, 1.54) is 32.8 Å². The van der Waals surface area contributed by atoms with Gasteiger partial charge in [0, 0.05) is 13.7 Å². The van der Waals surface area contributed by atoms with Gasteiger partial charge in [0.1, 0.15) is 0 Å². The molecule has 0 radical (unpaired) electrons. The molecule has 1 aliphatic heterocycles. The Morgan fingerprint density at radius 3 is 2.36 bits per heavy atom. The normalized spacial score (nSPS) is 21.5. The molecular weight excluding hydrogens is 182 g/mol. The van der Waals surface area contributed by atoms with Crippen molar-refractivity contribution in [3.8, 4) is 0 Å². The van der Waals surface area contributed by atoms with Crippen LogP contribution >= 0.6 is 0 Å². The van der Waals surface area contributed by atoms with Gasteiger partial charge in [-0.15, -0.1) is 0 Å². The molecule has 82 valence electrons. The minimum absolute atomic E-state index is 0.520. The molecule has 0 aromatic carbocycles. The summed E-state index contributed by atoms with van der Waals surface area (Å²) in [6.07, 6.45) is 4.21. The lowest BCUT2D eigenvalue weighted by Crippen LogP contribution is -2.38. The summed E-state index contributed by atoms with van der Waals surface area (Å²) >= 11 is 0. The van der Waals surface area contributed by atoms with Gasteiger partial charge in [0.25, 0.3) is 0 Å². The third kappa shape index (κ3) is 3.64. The maximum Gasteiger partial charge on any atom is 0.334 e. The molecule has 1 aliphatic rings. The van der Waals surface area contributed by atoms with Crippen LogP contribution in [-0.4, -0.2) is 48.8 Å². The Morgan fingerprint density at radius 1 is 1.36 bits per heavy atom. The van der Waals surface area contributed by atoms with E-state index in [1.54, 1.807) is 0 Å². The Morgan fingerprint density at radius 2 is 1.93 bits per heavy atom. The summed E-state index contributed by atoms with van der Waals surface area (Å²) in [7, 11) is 1.45. The molecule has 1 heterocycles. The third-order valence-corrected chi connectivity index (χ3v) is 2.68. The van der Waals surface area contributed by atoms with Crippen LogP contribution in [-0.2, 0) is 9.53 Å². The van der Waals surface area contributed by atoms with Crippen molar-refractivity contribution in [2.45, 2.75) is 31.8 Å². The highest BCUT2D eigenvalue weighted by Gasteiger charge is 2.20. The molecule has 1 atom stereocenters. The number of carbonyl (C=O) groups is 1. The highest BCUT2D eigenvalue weighted by atomic mass is 16.5. The fourth-order valence-corrected chi connectivity index (χ4v) is 1.81. The van der Waals surface area contributed by atoms with Crippen LogP contribution in [0.25, 0.3) is 0 Å². The van der Waals surface area contributed by atoms with Crippen molar-refractivity contribution in [3.05, 3.63) is 0 Å². The number of carboxylic acid groups (broad SMARTS) is 1. The van der Waals surface area contributed by atoms with Gasteiger partial charge in [-0.25, -0.2) is 4.79 Å². The number of aliphatic carboxylic acids is 1. The van der Waals surface area contributed by atoms with Crippen LogP contribution in [0.3, 0.4) is 0 Å². The standard InChI is InChI=1S/C10H19NO3/c1-14-9(10(12)13)8-11-6-4-2-3-5-7-11/h9H,2-8H2,1H3,(H,12,13). The molecule has 1 fully saturated rings. The summed E-state index contributed by atoms with van der Waals surface area (Å²) in [4.78, 5) is 12.9. The van der Waals surface area contributed by atoms with E-state index in [9.17, 15) is 4.79 Å². The molecule has 0 aromatic heterocycles. The molecule has 0 saturated carbocycles. The first-order valence-electron chi connectivity index (χ1n) is 5.22. The Hall–Kier alpha value is -0.610. The maximum absolute atomic E-state index is 10.7. The molecule has 0 bridgehead atoms. The van der Waals surface area contributed by atoms with Crippen molar-refractivity contribution in [1.82, 2.24) is 4.90 Å². The SMILES string of the molecule is COC(CN1CCCCCC1)C(=O)O. The molecule has 0 amide bonds. The van der Waals surface area contributed by atoms with Crippen molar-refractivity contribution in [2.75, 3.05) is 26.7 Å². The largest absolute Gasteiger partial charge is 0.479 e. The number of hydrogen-bond acceptors (Lipinski definition) is 3. The van der Waals surface area contributed by atoms with E-state index in [0.717, 1.165) is 13.1 Å². The smallest absolute Gasteiger partial charge is 0.334 e. The van der Waals surface area contributed by atoms with Gasteiger partial charge in [-0.05, 0) is 25.9 Å². The molecule has 0 aliphatic carbocycles. The first-order chi connectivity index (χ1) is 6.74. The van der Waals surface area contributed by atoms with E-state index in [0.29, 0.717) is 6.54 Å². The van der Waals surface area contributed by atoms with Gasteiger partial charge >= 0.3 is 5.97 Å². The van der Waals surface area contributed by atoms with Crippen LogP contribution in [0.2, 0.25) is 0 Å². The van der Waals surface area contributed by atoms with Crippen molar-refractivity contribution in [2.24, 2.45) is 0 Å². The number of hydrogen-bond donors (Lipinski definition) is 1. The maximum atomic E-state index is 10.7. The lowest BCUT2D eigenvalue weighted by atomic mass is 10.2. The molecule has 4 nitrogen and oxygen atoms in total. The van der Waals surface area contributed by atoms with E-state index < -0.39 is 12.1 Å². The van der Waals surface area contributed by atoms with Gasteiger partial charge in [-0.3, -0.25) is 0 Å². The van der Waals surface area contributed by atoms with Gasteiger partial charge in [-0.1, -0.05) is 12.8 Å². The number of methoxy groups -OCH3 is 1. The monoisotopic (exact) mass is 201 g/mol. The predicted octanol–water partition coefficient (Wildman–Crippen LogP) is 0.962. The summed E-state index contributed by atoms with van der Waals surface area (Å²) in [5.74, 6) is -0.864. The summed E-state index contributed by atoms with van der Waals surface area (Å²) in [6.45, 7) is 2.53. The molecule has 0 aromatic rings.